The molecule has 0 aromatic heterocycles. The van der Waals surface area contributed by atoms with E-state index in [9.17, 15) is 9.59 Å². The number of amides is 3. The molecule has 1 aliphatic carbocycles. The maximum absolute atomic E-state index is 12.2. The molecule has 0 aromatic rings. The SMILES string of the molecule is O=C(NCC(=O)N1CCC2(CC1)OCCO2)NC1CCCCC1. The summed E-state index contributed by atoms with van der Waals surface area (Å²) in [6.07, 6.45) is 7.07. The van der Waals surface area contributed by atoms with Crippen LogP contribution in [0.25, 0.3) is 0 Å². The Kier molecular flexibility index (Phi) is 5.38. The van der Waals surface area contributed by atoms with E-state index in [0.717, 1.165) is 12.8 Å². The van der Waals surface area contributed by atoms with E-state index in [0.29, 0.717) is 39.1 Å². The predicted octanol–water partition coefficient (Wildman–Crippen LogP) is 0.984. The molecule has 130 valence electrons. The number of ether oxygens (including phenoxy) is 2. The van der Waals surface area contributed by atoms with Gasteiger partial charge in [0.05, 0.1) is 19.8 Å². The van der Waals surface area contributed by atoms with Gasteiger partial charge >= 0.3 is 6.03 Å². The summed E-state index contributed by atoms with van der Waals surface area (Å²) < 4.78 is 11.3. The van der Waals surface area contributed by atoms with Crippen molar-refractivity contribution < 1.29 is 19.1 Å². The van der Waals surface area contributed by atoms with E-state index in [1.165, 1.54) is 19.3 Å². The molecule has 0 atom stereocenters. The average Bonchev–Trinajstić information content (AvgIpc) is 3.02. The van der Waals surface area contributed by atoms with Gasteiger partial charge in [-0.05, 0) is 12.8 Å². The molecule has 0 unspecified atom stereocenters. The van der Waals surface area contributed by atoms with Crippen molar-refractivity contribution in [3.8, 4) is 0 Å². The first kappa shape index (κ1) is 16.5. The Balaban J connectivity index is 1.35. The van der Waals surface area contributed by atoms with Crippen molar-refractivity contribution in [2.45, 2.75) is 56.8 Å². The Morgan fingerprint density at radius 1 is 1.04 bits per heavy atom. The molecule has 0 radical (unpaired) electrons. The van der Waals surface area contributed by atoms with Crippen molar-refractivity contribution in [1.82, 2.24) is 15.5 Å². The number of nitrogens with zero attached hydrogens (tertiary/aromatic N) is 1. The van der Waals surface area contributed by atoms with Crippen LogP contribution in [0.4, 0.5) is 4.79 Å². The molecule has 7 heteroatoms. The van der Waals surface area contributed by atoms with E-state index in [4.69, 9.17) is 9.47 Å². The third-order valence-electron chi connectivity index (χ3n) is 5.03. The number of carbonyl (C=O) groups is 2. The van der Waals surface area contributed by atoms with Crippen molar-refractivity contribution in [3.05, 3.63) is 0 Å². The van der Waals surface area contributed by atoms with Crippen LogP contribution in [0, 0.1) is 0 Å². The van der Waals surface area contributed by atoms with Gasteiger partial charge in [-0.2, -0.15) is 0 Å². The number of hydrogen-bond donors (Lipinski definition) is 2. The van der Waals surface area contributed by atoms with Gasteiger partial charge in [-0.3, -0.25) is 4.79 Å². The summed E-state index contributed by atoms with van der Waals surface area (Å²) in [5.74, 6) is -0.514. The Morgan fingerprint density at radius 2 is 1.70 bits per heavy atom. The van der Waals surface area contributed by atoms with Crippen LogP contribution in [0.3, 0.4) is 0 Å². The summed E-state index contributed by atoms with van der Waals surface area (Å²) in [6.45, 7) is 2.55. The lowest BCUT2D eigenvalue weighted by molar-refractivity contribution is -0.187. The van der Waals surface area contributed by atoms with Crippen molar-refractivity contribution in [2.24, 2.45) is 0 Å². The smallest absolute Gasteiger partial charge is 0.315 e. The third kappa shape index (κ3) is 4.35. The molecule has 2 aliphatic heterocycles. The summed E-state index contributed by atoms with van der Waals surface area (Å²) in [7, 11) is 0. The van der Waals surface area contributed by atoms with Crippen molar-refractivity contribution in [3.63, 3.8) is 0 Å². The van der Waals surface area contributed by atoms with Crippen molar-refractivity contribution >= 4 is 11.9 Å². The zero-order valence-corrected chi connectivity index (χ0v) is 13.6. The molecular formula is C16H27N3O4. The van der Waals surface area contributed by atoms with E-state index in [-0.39, 0.29) is 24.5 Å². The van der Waals surface area contributed by atoms with E-state index in [1.807, 2.05) is 0 Å². The molecule has 2 heterocycles. The molecule has 23 heavy (non-hydrogen) atoms. The van der Waals surface area contributed by atoms with Gasteiger partial charge in [0.1, 0.15) is 0 Å². The molecule has 1 saturated carbocycles. The molecule has 0 bridgehead atoms. The van der Waals surface area contributed by atoms with Crippen molar-refractivity contribution in [1.29, 1.82) is 0 Å². The highest BCUT2D eigenvalue weighted by molar-refractivity contribution is 5.84. The summed E-state index contributed by atoms with van der Waals surface area (Å²) >= 11 is 0. The van der Waals surface area contributed by atoms with Crippen LogP contribution >= 0.6 is 0 Å². The highest BCUT2D eigenvalue weighted by Crippen LogP contribution is 2.31. The Labute approximate surface area is 137 Å². The first-order valence-corrected chi connectivity index (χ1v) is 8.77. The Hall–Kier alpha value is -1.34. The maximum atomic E-state index is 12.2. The lowest BCUT2D eigenvalue weighted by Crippen LogP contribution is -2.51. The van der Waals surface area contributed by atoms with Gasteiger partial charge in [0, 0.05) is 32.0 Å². The summed E-state index contributed by atoms with van der Waals surface area (Å²) in [5, 5.41) is 5.64. The first-order valence-electron chi connectivity index (χ1n) is 8.77. The van der Waals surface area contributed by atoms with Crippen molar-refractivity contribution in [2.75, 3.05) is 32.8 Å². The second kappa shape index (κ2) is 7.49. The highest BCUT2D eigenvalue weighted by atomic mass is 16.7. The van der Waals surface area contributed by atoms with Gasteiger partial charge < -0.3 is 25.0 Å². The minimum atomic E-state index is -0.470. The summed E-state index contributed by atoms with van der Waals surface area (Å²) in [5.41, 5.74) is 0. The third-order valence-corrected chi connectivity index (χ3v) is 5.03. The zero-order valence-electron chi connectivity index (χ0n) is 13.6. The Bertz CT molecular complexity index is 421. The number of nitrogens with one attached hydrogen (secondary N) is 2. The van der Waals surface area contributed by atoms with Gasteiger partial charge in [-0.25, -0.2) is 4.79 Å². The highest BCUT2D eigenvalue weighted by Gasteiger charge is 2.40. The molecule has 3 amide bonds. The fraction of sp³-hybridized carbons (Fsp3) is 0.875. The largest absolute Gasteiger partial charge is 0.347 e. The van der Waals surface area contributed by atoms with Crippen LogP contribution in [0.5, 0.6) is 0 Å². The first-order chi connectivity index (χ1) is 11.2. The summed E-state index contributed by atoms with van der Waals surface area (Å²) in [6, 6.07) is 0.0200. The zero-order chi connectivity index (χ0) is 16.1. The average molecular weight is 325 g/mol. The van der Waals surface area contributed by atoms with Gasteiger partial charge in [-0.1, -0.05) is 19.3 Å². The quantitative estimate of drug-likeness (QED) is 0.811. The molecule has 0 aromatic carbocycles. The van der Waals surface area contributed by atoms with E-state index in [2.05, 4.69) is 10.6 Å². The van der Waals surface area contributed by atoms with Gasteiger partial charge in [0.2, 0.25) is 5.91 Å². The molecule has 2 N–H and O–H groups in total. The van der Waals surface area contributed by atoms with E-state index in [1.54, 1.807) is 4.90 Å². The molecule has 7 nitrogen and oxygen atoms in total. The molecule has 1 spiro atoms. The van der Waals surface area contributed by atoms with Gasteiger partial charge in [0.15, 0.2) is 5.79 Å². The topological polar surface area (TPSA) is 79.9 Å². The Morgan fingerprint density at radius 3 is 2.35 bits per heavy atom. The fourth-order valence-electron chi connectivity index (χ4n) is 3.63. The molecule has 3 fully saturated rings. The molecule has 2 saturated heterocycles. The molecule has 3 rings (SSSR count). The van der Waals surface area contributed by atoms with Crippen LogP contribution in [0.2, 0.25) is 0 Å². The normalized spacial score (nSPS) is 24.6. The standard InChI is InChI=1S/C16H27N3O4/c20-14(12-17-15(21)18-13-4-2-1-3-5-13)19-8-6-16(7-9-19)22-10-11-23-16/h13H,1-12H2,(H2,17,18,21). The molecular weight excluding hydrogens is 298 g/mol. The number of piperidine rings is 1. The number of hydrogen-bond acceptors (Lipinski definition) is 4. The maximum Gasteiger partial charge on any atom is 0.315 e. The number of carbonyl (C=O) groups excluding carboxylic acids is 2. The second-order valence-electron chi connectivity index (χ2n) is 6.65. The predicted molar refractivity (Wildman–Crippen MR) is 83.9 cm³/mol. The minimum absolute atomic E-state index is 0.0448. The number of urea groups is 1. The van der Waals surface area contributed by atoms with Crippen LogP contribution in [-0.2, 0) is 14.3 Å². The molecule has 3 aliphatic rings. The van der Waals surface area contributed by atoms with E-state index >= 15 is 0 Å². The van der Waals surface area contributed by atoms with Crippen LogP contribution in [0.1, 0.15) is 44.9 Å². The van der Waals surface area contributed by atoms with Gasteiger partial charge in [-0.15, -0.1) is 0 Å². The summed E-state index contributed by atoms with van der Waals surface area (Å²) in [4.78, 5) is 25.8. The lowest BCUT2D eigenvalue weighted by Gasteiger charge is -2.37. The number of rotatable bonds is 3. The monoisotopic (exact) mass is 325 g/mol. The lowest BCUT2D eigenvalue weighted by atomic mass is 9.96. The van der Waals surface area contributed by atoms with E-state index < -0.39 is 5.79 Å². The second-order valence-corrected chi connectivity index (χ2v) is 6.65. The number of likely N-dealkylation sites (tertiary alicyclic amines) is 1. The van der Waals surface area contributed by atoms with Gasteiger partial charge in [0.25, 0.3) is 0 Å². The minimum Gasteiger partial charge on any atom is -0.347 e. The van der Waals surface area contributed by atoms with Crippen LogP contribution in [0.15, 0.2) is 0 Å². The fourth-order valence-corrected chi connectivity index (χ4v) is 3.63. The van der Waals surface area contributed by atoms with Crippen LogP contribution in [-0.4, -0.2) is 61.5 Å². The van der Waals surface area contributed by atoms with Crippen LogP contribution < -0.4 is 10.6 Å².